The van der Waals surface area contributed by atoms with Gasteiger partial charge in [-0.3, -0.25) is 9.59 Å². The molecular formula is C15H19NO5. The van der Waals surface area contributed by atoms with E-state index in [1.165, 1.54) is 14.2 Å². The second-order valence-corrected chi connectivity index (χ2v) is 5.03. The summed E-state index contributed by atoms with van der Waals surface area (Å²) in [6.07, 6.45) is 1.73. The third-order valence-corrected chi connectivity index (χ3v) is 3.38. The van der Waals surface area contributed by atoms with E-state index in [0.29, 0.717) is 17.1 Å². The van der Waals surface area contributed by atoms with E-state index in [4.69, 9.17) is 14.6 Å². The SMILES string of the molecule is COc1ccc(C(=O)C(CC(=O)O)NC2CC2)cc1OC. The van der Waals surface area contributed by atoms with E-state index in [-0.39, 0.29) is 18.2 Å². The number of carbonyl (C=O) groups excluding carboxylic acids is 1. The van der Waals surface area contributed by atoms with Crippen LogP contribution in [0.3, 0.4) is 0 Å². The Balaban J connectivity index is 2.20. The molecule has 1 aliphatic carbocycles. The second-order valence-electron chi connectivity index (χ2n) is 5.03. The number of carboxylic acid groups (broad SMARTS) is 1. The van der Waals surface area contributed by atoms with Gasteiger partial charge < -0.3 is 19.9 Å². The molecule has 0 radical (unpaired) electrons. The standard InChI is InChI=1S/C15H19NO5/c1-20-12-6-3-9(7-13(12)21-2)15(19)11(8-14(17)18)16-10-4-5-10/h3,6-7,10-11,16H,4-5,8H2,1-2H3,(H,17,18). The van der Waals surface area contributed by atoms with Crippen LogP contribution in [0.4, 0.5) is 0 Å². The van der Waals surface area contributed by atoms with Gasteiger partial charge in [-0.15, -0.1) is 0 Å². The molecule has 1 unspecified atom stereocenters. The monoisotopic (exact) mass is 293 g/mol. The highest BCUT2D eigenvalue weighted by molar-refractivity contribution is 6.02. The zero-order chi connectivity index (χ0) is 15.4. The van der Waals surface area contributed by atoms with Crippen LogP contribution in [0.15, 0.2) is 18.2 Å². The van der Waals surface area contributed by atoms with Crippen molar-refractivity contribution in [2.24, 2.45) is 0 Å². The molecule has 1 fully saturated rings. The molecule has 0 bridgehead atoms. The summed E-state index contributed by atoms with van der Waals surface area (Å²) in [5, 5.41) is 12.0. The van der Waals surface area contributed by atoms with Crippen molar-refractivity contribution in [2.45, 2.75) is 31.3 Å². The van der Waals surface area contributed by atoms with Gasteiger partial charge in [0.1, 0.15) is 0 Å². The van der Waals surface area contributed by atoms with Crippen molar-refractivity contribution >= 4 is 11.8 Å². The predicted octanol–water partition coefficient (Wildman–Crippen LogP) is 1.48. The highest BCUT2D eigenvalue weighted by atomic mass is 16.5. The Hall–Kier alpha value is -2.08. The van der Waals surface area contributed by atoms with E-state index >= 15 is 0 Å². The Morgan fingerprint density at radius 2 is 1.95 bits per heavy atom. The first-order chi connectivity index (χ1) is 10.0. The van der Waals surface area contributed by atoms with Crippen LogP contribution in [0.1, 0.15) is 29.6 Å². The molecule has 1 aromatic carbocycles. The van der Waals surface area contributed by atoms with Crippen LogP contribution in [0.25, 0.3) is 0 Å². The largest absolute Gasteiger partial charge is 0.493 e. The second kappa shape index (κ2) is 6.58. The summed E-state index contributed by atoms with van der Waals surface area (Å²) in [6.45, 7) is 0. The Morgan fingerprint density at radius 1 is 1.29 bits per heavy atom. The Labute approximate surface area is 123 Å². The third kappa shape index (κ3) is 3.95. The molecule has 1 aliphatic rings. The molecule has 6 heteroatoms. The van der Waals surface area contributed by atoms with Crippen LogP contribution in [0, 0.1) is 0 Å². The fourth-order valence-corrected chi connectivity index (χ4v) is 2.13. The summed E-state index contributed by atoms with van der Waals surface area (Å²) < 4.78 is 10.3. The van der Waals surface area contributed by atoms with Gasteiger partial charge in [0.15, 0.2) is 17.3 Å². The number of aliphatic carboxylic acids is 1. The van der Waals surface area contributed by atoms with Gasteiger partial charge in [0.05, 0.1) is 26.7 Å². The lowest BCUT2D eigenvalue weighted by Gasteiger charge is -2.16. The molecule has 2 N–H and O–H groups in total. The third-order valence-electron chi connectivity index (χ3n) is 3.38. The molecule has 0 amide bonds. The Bertz CT molecular complexity index is 539. The van der Waals surface area contributed by atoms with Crippen molar-refractivity contribution in [1.82, 2.24) is 5.32 Å². The molecule has 6 nitrogen and oxygen atoms in total. The molecule has 0 spiro atoms. The predicted molar refractivity (Wildman–Crippen MR) is 76.1 cm³/mol. The maximum atomic E-state index is 12.5. The van der Waals surface area contributed by atoms with E-state index < -0.39 is 12.0 Å². The molecule has 1 atom stereocenters. The normalized spacial score (nSPS) is 15.3. The van der Waals surface area contributed by atoms with Crippen molar-refractivity contribution in [2.75, 3.05) is 14.2 Å². The number of Topliss-reactive ketones (excluding diaryl/α,β-unsaturated/α-hetero) is 1. The number of methoxy groups -OCH3 is 2. The first kappa shape index (κ1) is 15.3. The number of carboxylic acids is 1. The van der Waals surface area contributed by atoms with Crippen LogP contribution in [-0.2, 0) is 4.79 Å². The van der Waals surface area contributed by atoms with E-state index in [0.717, 1.165) is 12.8 Å². The van der Waals surface area contributed by atoms with Gasteiger partial charge in [-0.05, 0) is 31.0 Å². The highest BCUT2D eigenvalue weighted by Gasteiger charge is 2.30. The molecule has 0 heterocycles. The lowest BCUT2D eigenvalue weighted by atomic mass is 10.0. The maximum absolute atomic E-state index is 12.5. The number of benzene rings is 1. The molecule has 0 saturated heterocycles. The molecule has 1 saturated carbocycles. The zero-order valence-corrected chi connectivity index (χ0v) is 12.1. The van der Waals surface area contributed by atoms with Gasteiger partial charge in [0, 0.05) is 11.6 Å². The van der Waals surface area contributed by atoms with Gasteiger partial charge >= 0.3 is 5.97 Å². The lowest BCUT2D eigenvalue weighted by Crippen LogP contribution is -2.40. The number of rotatable bonds is 8. The lowest BCUT2D eigenvalue weighted by molar-refractivity contribution is -0.137. The molecule has 21 heavy (non-hydrogen) atoms. The van der Waals surface area contributed by atoms with Gasteiger partial charge in [-0.2, -0.15) is 0 Å². The summed E-state index contributed by atoms with van der Waals surface area (Å²) in [4.78, 5) is 23.4. The van der Waals surface area contributed by atoms with Crippen molar-refractivity contribution in [1.29, 1.82) is 0 Å². The van der Waals surface area contributed by atoms with Crippen LogP contribution in [-0.4, -0.2) is 43.2 Å². The average Bonchev–Trinajstić information content (AvgIpc) is 3.28. The van der Waals surface area contributed by atoms with E-state index in [9.17, 15) is 9.59 Å². The van der Waals surface area contributed by atoms with Crippen molar-refractivity contribution in [3.05, 3.63) is 23.8 Å². The number of ketones is 1. The Kier molecular flexibility index (Phi) is 4.80. The summed E-state index contributed by atoms with van der Waals surface area (Å²) in [5.74, 6) is -0.268. The first-order valence-electron chi connectivity index (χ1n) is 6.79. The van der Waals surface area contributed by atoms with Gasteiger partial charge in [0.2, 0.25) is 0 Å². The minimum absolute atomic E-state index is 0.232. The molecule has 0 aromatic heterocycles. The molecule has 1 aromatic rings. The fourth-order valence-electron chi connectivity index (χ4n) is 2.13. The van der Waals surface area contributed by atoms with Crippen LogP contribution >= 0.6 is 0 Å². The summed E-state index contributed by atoms with van der Waals surface area (Å²) >= 11 is 0. The quantitative estimate of drug-likeness (QED) is 0.706. The topological polar surface area (TPSA) is 84.9 Å². The van der Waals surface area contributed by atoms with Gasteiger partial charge in [-0.1, -0.05) is 0 Å². The van der Waals surface area contributed by atoms with Gasteiger partial charge in [-0.25, -0.2) is 0 Å². The van der Waals surface area contributed by atoms with E-state index in [2.05, 4.69) is 5.32 Å². The van der Waals surface area contributed by atoms with Crippen LogP contribution in [0.2, 0.25) is 0 Å². The minimum Gasteiger partial charge on any atom is -0.493 e. The zero-order valence-electron chi connectivity index (χ0n) is 12.1. The maximum Gasteiger partial charge on any atom is 0.305 e. The molecule has 114 valence electrons. The smallest absolute Gasteiger partial charge is 0.305 e. The van der Waals surface area contributed by atoms with Crippen LogP contribution in [0.5, 0.6) is 11.5 Å². The molecular weight excluding hydrogens is 274 g/mol. The van der Waals surface area contributed by atoms with Crippen molar-refractivity contribution in [3.8, 4) is 11.5 Å². The Morgan fingerprint density at radius 3 is 2.48 bits per heavy atom. The highest BCUT2D eigenvalue weighted by Crippen LogP contribution is 2.28. The number of hydrogen-bond donors (Lipinski definition) is 2. The summed E-state index contributed by atoms with van der Waals surface area (Å²) in [6, 6.07) is 4.37. The molecule has 0 aliphatic heterocycles. The number of hydrogen-bond acceptors (Lipinski definition) is 5. The van der Waals surface area contributed by atoms with Crippen LogP contribution < -0.4 is 14.8 Å². The first-order valence-corrected chi connectivity index (χ1v) is 6.79. The summed E-state index contributed by atoms with van der Waals surface area (Å²) in [7, 11) is 3.00. The van der Waals surface area contributed by atoms with E-state index in [1.54, 1.807) is 18.2 Å². The van der Waals surface area contributed by atoms with Crippen molar-refractivity contribution in [3.63, 3.8) is 0 Å². The molecule has 2 rings (SSSR count). The minimum atomic E-state index is -0.998. The number of carbonyl (C=O) groups is 2. The van der Waals surface area contributed by atoms with Crippen molar-refractivity contribution < 1.29 is 24.2 Å². The fraction of sp³-hybridized carbons (Fsp3) is 0.467. The number of ether oxygens (including phenoxy) is 2. The van der Waals surface area contributed by atoms with E-state index in [1.807, 2.05) is 0 Å². The number of nitrogens with one attached hydrogen (secondary N) is 1. The average molecular weight is 293 g/mol. The summed E-state index contributed by atoms with van der Waals surface area (Å²) in [5.41, 5.74) is 0.409. The van der Waals surface area contributed by atoms with Gasteiger partial charge in [0.25, 0.3) is 0 Å².